The number of hydrogen-bond donors (Lipinski definition) is 3. The van der Waals surface area contributed by atoms with E-state index in [1.165, 1.54) is 18.2 Å². The van der Waals surface area contributed by atoms with Crippen molar-refractivity contribution in [1.29, 1.82) is 0 Å². The highest BCUT2D eigenvalue weighted by molar-refractivity contribution is 5.85. The first kappa shape index (κ1) is 15.8. The maximum atomic E-state index is 11.6. The van der Waals surface area contributed by atoms with Crippen LogP contribution in [0.3, 0.4) is 0 Å². The van der Waals surface area contributed by atoms with Gasteiger partial charge in [0.2, 0.25) is 0 Å². The first-order chi connectivity index (χ1) is 9.17. The zero-order valence-corrected chi connectivity index (χ0v) is 11.8. The van der Waals surface area contributed by atoms with Crippen LogP contribution >= 0.6 is 0 Å². The number of anilines is 1. The lowest BCUT2D eigenvalue weighted by Crippen LogP contribution is -2.27. The highest BCUT2D eigenvalue weighted by atomic mass is 16.6. The molecule has 20 heavy (non-hydrogen) atoms. The molecule has 0 aliphatic rings. The van der Waals surface area contributed by atoms with Crippen molar-refractivity contribution in [2.24, 2.45) is 0 Å². The normalized spacial score (nSPS) is 10.9. The maximum absolute atomic E-state index is 11.6. The Balaban J connectivity index is 2.74. The van der Waals surface area contributed by atoms with Crippen molar-refractivity contribution in [3.8, 4) is 5.75 Å². The third-order valence-electron chi connectivity index (χ3n) is 2.33. The summed E-state index contributed by atoms with van der Waals surface area (Å²) >= 11 is 0. The van der Waals surface area contributed by atoms with Crippen LogP contribution in [0, 0.1) is 0 Å². The highest BCUT2D eigenvalue weighted by Gasteiger charge is 2.16. The summed E-state index contributed by atoms with van der Waals surface area (Å²) in [6.07, 6.45) is -0.513. The van der Waals surface area contributed by atoms with Crippen molar-refractivity contribution in [2.75, 3.05) is 5.32 Å². The Kier molecular flexibility index (Phi) is 4.96. The number of carbonyl (C=O) groups excluding carboxylic acids is 1. The summed E-state index contributed by atoms with van der Waals surface area (Å²) in [4.78, 5) is 22.1. The summed E-state index contributed by atoms with van der Waals surface area (Å²) in [6.45, 7) is 5.26. The predicted octanol–water partition coefficient (Wildman–Crippen LogP) is 2.76. The second-order valence-electron chi connectivity index (χ2n) is 5.36. The summed E-state index contributed by atoms with van der Waals surface area (Å²) in [6, 6.07) is 4.45. The van der Waals surface area contributed by atoms with E-state index in [1.807, 2.05) is 0 Å². The van der Waals surface area contributed by atoms with Crippen molar-refractivity contribution in [3.05, 3.63) is 23.8 Å². The van der Waals surface area contributed by atoms with Crippen molar-refractivity contribution < 1.29 is 24.5 Å². The van der Waals surface area contributed by atoms with E-state index in [9.17, 15) is 14.7 Å². The molecule has 0 bridgehead atoms. The average molecular weight is 281 g/mol. The quantitative estimate of drug-likeness (QED) is 0.737. The Hall–Kier alpha value is -2.24. The zero-order chi connectivity index (χ0) is 15.3. The van der Waals surface area contributed by atoms with Gasteiger partial charge < -0.3 is 14.9 Å². The molecule has 6 nitrogen and oxygen atoms in total. The van der Waals surface area contributed by atoms with Gasteiger partial charge in [-0.25, -0.2) is 4.79 Å². The molecule has 6 heteroatoms. The van der Waals surface area contributed by atoms with Gasteiger partial charge in [0.05, 0.1) is 0 Å². The van der Waals surface area contributed by atoms with Crippen LogP contribution in [0.2, 0.25) is 0 Å². The molecule has 0 saturated heterocycles. The molecule has 3 N–H and O–H groups in total. The van der Waals surface area contributed by atoms with E-state index in [1.54, 1.807) is 20.8 Å². The fourth-order valence-corrected chi connectivity index (χ4v) is 1.53. The lowest BCUT2D eigenvalue weighted by atomic mass is 10.1. The molecule has 0 spiro atoms. The van der Waals surface area contributed by atoms with E-state index in [4.69, 9.17) is 9.84 Å². The SMILES string of the molecule is CC(C)(C)OC(=O)Nc1ccc(O)c(CCC(=O)O)c1. The smallest absolute Gasteiger partial charge is 0.412 e. The second kappa shape index (κ2) is 6.27. The minimum Gasteiger partial charge on any atom is -0.508 e. The Morgan fingerprint density at radius 2 is 1.95 bits per heavy atom. The summed E-state index contributed by atoms with van der Waals surface area (Å²) in [5.41, 5.74) is 0.297. The van der Waals surface area contributed by atoms with Gasteiger partial charge >= 0.3 is 12.1 Å². The predicted molar refractivity (Wildman–Crippen MR) is 73.9 cm³/mol. The molecule has 0 aliphatic heterocycles. The number of benzene rings is 1. The molecular weight excluding hydrogens is 262 g/mol. The molecule has 1 amide bonds. The van der Waals surface area contributed by atoms with E-state index >= 15 is 0 Å². The number of ether oxygens (including phenoxy) is 1. The van der Waals surface area contributed by atoms with Crippen molar-refractivity contribution in [3.63, 3.8) is 0 Å². The number of carboxylic acid groups (broad SMARTS) is 1. The molecule has 0 atom stereocenters. The first-order valence-corrected chi connectivity index (χ1v) is 6.21. The Bertz CT molecular complexity index is 505. The summed E-state index contributed by atoms with van der Waals surface area (Å²) < 4.78 is 5.10. The van der Waals surface area contributed by atoms with E-state index in [0.29, 0.717) is 11.3 Å². The molecular formula is C14H19NO5. The lowest BCUT2D eigenvalue weighted by Gasteiger charge is -2.19. The Morgan fingerprint density at radius 1 is 1.30 bits per heavy atom. The van der Waals surface area contributed by atoms with Gasteiger partial charge in [0.25, 0.3) is 0 Å². The second-order valence-corrected chi connectivity index (χ2v) is 5.36. The number of hydrogen-bond acceptors (Lipinski definition) is 4. The first-order valence-electron chi connectivity index (χ1n) is 6.21. The van der Waals surface area contributed by atoms with Crippen LogP contribution < -0.4 is 5.32 Å². The number of nitrogens with one attached hydrogen (secondary N) is 1. The topological polar surface area (TPSA) is 95.9 Å². The van der Waals surface area contributed by atoms with Gasteiger partial charge in [-0.15, -0.1) is 0 Å². The third kappa shape index (κ3) is 5.60. The molecule has 1 aromatic carbocycles. The molecule has 0 aromatic heterocycles. The zero-order valence-electron chi connectivity index (χ0n) is 11.8. The number of amides is 1. The molecule has 0 saturated carbocycles. The summed E-state index contributed by atoms with van der Waals surface area (Å²) in [7, 11) is 0. The van der Waals surface area contributed by atoms with Gasteiger partial charge in [0.1, 0.15) is 11.4 Å². The van der Waals surface area contributed by atoms with Crippen LogP contribution in [-0.4, -0.2) is 27.9 Å². The molecule has 0 aliphatic carbocycles. The molecule has 0 fully saturated rings. The average Bonchev–Trinajstić information content (AvgIpc) is 2.27. The minimum atomic E-state index is -0.949. The molecule has 110 valence electrons. The van der Waals surface area contributed by atoms with E-state index in [-0.39, 0.29) is 18.6 Å². The van der Waals surface area contributed by atoms with Crippen molar-refractivity contribution >= 4 is 17.7 Å². The highest BCUT2D eigenvalue weighted by Crippen LogP contribution is 2.23. The monoisotopic (exact) mass is 281 g/mol. The number of carbonyl (C=O) groups is 2. The van der Waals surface area contributed by atoms with E-state index < -0.39 is 17.7 Å². The van der Waals surface area contributed by atoms with Crippen LogP contribution in [0.5, 0.6) is 5.75 Å². The number of phenols is 1. The number of aryl methyl sites for hydroxylation is 1. The van der Waals surface area contributed by atoms with Gasteiger partial charge in [-0.2, -0.15) is 0 Å². The molecule has 1 rings (SSSR count). The van der Waals surface area contributed by atoms with Crippen LogP contribution in [0.4, 0.5) is 10.5 Å². The summed E-state index contributed by atoms with van der Waals surface area (Å²) in [5.74, 6) is -0.948. The molecule has 0 radical (unpaired) electrons. The standard InChI is InChI=1S/C14H19NO5/c1-14(2,3)20-13(19)15-10-5-6-11(16)9(8-10)4-7-12(17)18/h5-6,8,16H,4,7H2,1-3H3,(H,15,19)(H,17,18). The van der Waals surface area contributed by atoms with E-state index in [2.05, 4.69) is 5.32 Å². The van der Waals surface area contributed by atoms with Gasteiger partial charge in [0.15, 0.2) is 0 Å². The number of aromatic hydroxyl groups is 1. The van der Waals surface area contributed by atoms with Crippen LogP contribution in [0.1, 0.15) is 32.8 Å². The Morgan fingerprint density at radius 3 is 2.50 bits per heavy atom. The van der Waals surface area contributed by atoms with E-state index in [0.717, 1.165) is 0 Å². The number of carboxylic acids is 1. The maximum Gasteiger partial charge on any atom is 0.412 e. The van der Waals surface area contributed by atoms with Crippen LogP contribution in [-0.2, 0) is 16.0 Å². The molecule has 0 heterocycles. The van der Waals surface area contributed by atoms with Gasteiger partial charge in [-0.3, -0.25) is 10.1 Å². The lowest BCUT2D eigenvalue weighted by molar-refractivity contribution is -0.136. The molecule has 1 aromatic rings. The Labute approximate surface area is 117 Å². The van der Waals surface area contributed by atoms with Gasteiger partial charge in [-0.1, -0.05) is 0 Å². The number of aliphatic carboxylic acids is 1. The van der Waals surface area contributed by atoms with Gasteiger partial charge in [-0.05, 0) is 51.0 Å². The fraction of sp³-hybridized carbons (Fsp3) is 0.429. The molecule has 0 unspecified atom stereocenters. The van der Waals surface area contributed by atoms with Crippen molar-refractivity contribution in [1.82, 2.24) is 0 Å². The van der Waals surface area contributed by atoms with Crippen LogP contribution in [0.15, 0.2) is 18.2 Å². The van der Waals surface area contributed by atoms with Crippen LogP contribution in [0.25, 0.3) is 0 Å². The minimum absolute atomic E-state index is 0.000915. The third-order valence-corrected chi connectivity index (χ3v) is 2.33. The largest absolute Gasteiger partial charge is 0.508 e. The fourth-order valence-electron chi connectivity index (χ4n) is 1.53. The van der Waals surface area contributed by atoms with Gasteiger partial charge in [0, 0.05) is 12.1 Å². The number of rotatable bonds is 4. The van der Waals surface area contributed by atoms with Crippen molar-refractivity contribution in [2.45, 2.75) is 39.2 Å². The summed E-state index contributed by atoms with van der Waals surface area (Å²) in [5, 5.41) is 20.8. The number of phenolic OH excluding ortho intramolecular Hbond substituents is 1.